The Morgan fingerprint density at radius 1 is 1.00 bits per heavy atom. The van der Waals surface area contributed by atoms with Gasteiger partial charge in [-0.05, 0) is 24.3 Å². The zero-order valence-electron chi connectivity index (χ0n) is 9.34. The van der Waals surface area contributed by atoms with Crippen LogP contribution in [0.4, 0.5) is 10.1 Å². The van der Waals surface area contributed by atoms with E-state index in [0.29, 0.717) is 5.69 Å². The van der Waals surface area contributed by atoms with Gasteiger partial charge in [-0.1, -0.05) is 30.3 Å². The van der Waals surface area contributed by atoms with E-state index < -0.39 is 15.5 Å². The van der Waals surface area contributed by atoms with E-state index in [2.05, 4.69) is 4.36 Å². The van der Waals surface area contributed by atoms with Crippen LogP contribution in [0, 0.1) is 5.82 Å². The van der Waals surface area contributed by atoms with Crippen molar-refractivity contribution in [2.24, 2.45) is 4.36 Å². The van der Waals surface area contributed by atoms with Gasteiger partial charge in [-0.25, -0.2) is 8.60 Å². The second-order valence-electron chi connectivity index (χ2n) is 3.66. The van der Waals surface area contributed by atoms with Gasteiger partial charge in [-0.15, -0.1) is 0 Å². The summed E-state index contributed by atoms with van der Waals surface area (Å²) in [6.07, 6.45) is 1.44. The summed E-state index contributed by atoms with van der Waals surface area (Å²) in [5.74, 6) is -0.486. The summed E-state index contributed by atoms with van der Waals surface area (Å²) in [5.41, 5.74) is 0.586. The van der Waals surface area contributed by atoms with E-state index in [1.165, 1.54) is 18.4 Å². The first kappa shape index (κ1) is 11.8. The molecule has 0 saturated carbocycles. The van der Waals surface area contributed by atoms with Gasteiger partial charge in [0.1, 0.15) is 5.82 Å². The van der Waals surface area contributed by atoms with Crippen LogP contribution in [0.5, 0.6) is 0 Å². The smallest absolute Gasteiger partial charge is 0.140 e. The van der Waals surface area contributed by atoms with E-state index in [1.807, 2.05) is 6.07 Å². The van der Waals surface area contributed by atoms with Gasteiger partial charge in [0.05, 0.1) is 20.3 Å². The highest BCUT2D eigenvalue weighted by atomic mass is 32.2. The van der Waals surface area contributed by atoms with Crippen LogP contribution < -0.4 is 0 Å². The molecule has 88 valence electrons. The van der Waals surface area contributed by atoms with Crippen molar-refractivity contribution in [1.82, 2.24) is 0 Å². The minimum atomic E-state index is -2.74. The molecule has 0 aliphatic carbocycles. The maximum atomic E-state index is 13.5. The van der Waals surface area contributed by atoms with Gasteiger partial charge in [0, 0.05) is 6.26 Å². The van der Waals surface area contributed by atoms with Crippen molar-refractivity contribution in [1.29, 1.82) is 0 Å². The third-order valence-corrected chi connectivity index (χ3v) is 3.99. The van der Waals surface area contributed by atoms with Crippen LogP contribution in [0.1, 0.15) is 0 Å². The maximum Gasteiger partial charge on any atom is 0.140 e. The molecule has 0 bridgehead atoms. The summed E-state index contributed by atoms with van der Waals surface area (Å²) in [7, 11) is -2.74. The summed E-state index contributed by atoms with van der Waals surface area (Å²) < 4.78 is 30.0. The first-order valence-corrected chi connectivity index (χ1v) is 7.04. The molecule has 0 aromatic heterocycles. The molecule has 17 heavy (non-hydrogen) atoms. The number of hydrogen-bond acceptors (Lipinski definition) is 2. The normalized spacial score (nSPS) is 14.0. The molecule has 0 heterocycles. The van der Waals surface area contributed by atoms with Gasteiger partial charge in [0.25, 0.3) is 0 Å². The highest BCUT2D eigenvalue weighted by molar-refractivity contribution is 7.93. The molecule has 2 aromatic carbocycles. The van der Waals surface area contributed by atoms with Crippen molar-refractivity contribution < 1.29 is 8.60 Å². The van der Waals surface area contributed by atoms with Crippen LogP contribution in [0.15, 0.2) is 63.9 Å². The first-order chi connectivity index (χ1) is 8.09. The Balaban J connectivity index is 2.55. The minimum absolute atomic E-state index is 0.142. The summed E-state index contributed by atoms with van der Waals surface area (Å²) in [5, 5.41) is 0. The highest BCUT2D eigenvalue weighted by Crippen LogP contribution is 2.20. The van der Waals surface area contributed by atoms with Crippen LogP contribution in [0.2, 0.25) is 0 Å². The second kappa shape index (κ2) is 4.67. The zero-order chi connectivity index (χ0) is 12.3. The lowest BCUT2D eigenvalue weighted by Crippen LogP contribution is -1.99. The predicted octanol–water partition coefficient (Wildman–Crippen LogP) is 3.61. The highest BCUT2D eigenvalue weighted by Gasteiger charge is 2.11. The van der Waals surface area contributed by atoms with Crippen LogP contribution in [-0.2, 0) is 9.73 Å². The molecule has 2 nitrogen and oxygen atoms in total. The van der Waals surface area contributed by atoms with Gasteiger partial charge >= 0.3 is 0 Å². The first-order valence-electron chi connectivity index (χ1n) is 5.11. The Labute approximate surface area is 100 Å². The molecule has 0 aliphatic rings. The van der Waals surface area contributed by atoms with Crippen molar-refractivity contribution in [2.75, 3.05) is 6.26 Å². The summed E-state index contributed by atoms with van der Waals surface area (Å²) in [4.78, 5) is 0.142. The van der Waals surface area contributed by atoms with E-state index in [-0.39, 0.29) is 4.90 Å². The molecule has 0 spiro atoms. The van der Waals surface area contributed by atoms with Gasteiger partial charge in [0.15, 0.2) is 0 Å². The van der Waals surface area contributed by atoms with Gasteiger partial charge in [0.2, 0.25) is 0 Å². The molecule has 0 radical (unpaired) electrons. The molecule has 2 aromatic rings. The molecular formula is C13H12FNOS. The molecule has 0 amide bonds. The lowest BCUT2D eigenvalue weighted by atomic mass is 10.3. The fourth-order valence-corrected chi connectivity index (χ4v) is 2.87. The molecule has 1 unspecified atom stereocenters. The average Bonchev–Trinajstić information content (AvgIpc) is 2.30. The van der Waals surface area contributed by atoms with E-state index >= 15 is 0 Å². The van der Waals surface area contributed by atoms with Gasteiger partial charge in [-0.3, -0.25) is 0 Å². The van der Waals surface area contributed by atoms with Crippen molar-refractivity contribution in [3.63, 3.8) is 0 Å². The van der Waals surface area contributed by atoms with Crippen molar-refractivity contribution in [3.8, 4) is 0 Å². The standard InChI is InChI=1S/C13H12FNOS/c1-17(16,13-10-6-5-9-12(13)14)15-11-7-3-2-4-8-11/h2-10H,1H3. The monoisotopic (exact) mass is 249 g/mol. The third-order valence-electron chi connectivity index (χ3n) is 2.28. The van der Waals surface area contributed by atoms with Crippen LogP contribution >= 0.6 is 0 Å². The number of nitrogens with zero attached hydrogens (tertiary/aromatic N) is 1. The lowest BCUT2D eigenvalue weighted by molar-refractivity contribution is 0.594. The molecule has 4 heteroatoms. The van der Waals surface area contributed by atoms with Crippen LogP contribution in [0.3, 0.4) is 0 Å². The fraction of sp³-hybridized carbons (Fsp3) is 0.0769. The van der Waals surface area contributed by atoms with Crippen molar-refractivity contribution in [2.45, 2.75) is 4.90 Å². The quantitative estimate of drug-likeness (QED) is 0.799. The summed E-state index contributed by atoms with van der Waals surface area (Å²) >= 11 is 0. The van der Waals surface area contributed by atoms with Crippen molar-refractivity contribution in [3.05, 3.63) is 60.4 Å². The Hall–Kier alpha value is -1.68. The fourth-order valence-electron chi connectivity index (χ4n) is 1.49. The molecule has 1 atom stereocenters. The summed E-state index contributed by atoms with van der Waals surface area (Å²) in [6, 6.07) is 14.9. The lowest BCUT2D eigenvalue weighted by Gasteiger charge is -2.05. The molecule has 0 aliphatic heterocycles. The van der Waals surface area contributed by atoms with Crippen LogP contribution in [-0.4, -0.2) is 10.5 Å². The number of rotatable bonds is 2. The second-order valence-corrected chi connectivity index (χ2v) is 5.89. The SMILES string of the molecule is CS(=O)(=Nc1ccccc1)c1ccccc1F. The predicted molar refractivity (Wildman–Crippen MR) is 67.3 cm³/mol. The van der Waals surface area contributed by atoms with Crippen LogP contribution in [0.25, 0.3) is 0 Å². The van der Waals surface area contributed by atoms with Crippen molar-refractivity contribution >= 4 is 15.4 Å². The largest absolute Gasteiger partial charge is 0.245 e. The maximum absolute atomic E-state index is 13.5. The number of hydrogen-bond donors (Lipinski definition) is 0. The molecule has 0 fully saturated rings. The zero-order valence-corrected chi connectivity index (χ0v) is 10.2. The molecular weight excluding hydrogens is 237 g/mol. The van der Waals surface area contributed by atoms with E-state index in [4.69, 9.17) is 0 Å². The third kappa shape index (κ3) is 2.71. The summed E-state index contributed by atoms with van der Waals surface area (Å²) in [6.45, 7) is 0. The average molecular weight is 249 g/mol. The van der Waals surface area contributed by atoms with Gasteiger partial charge in [-0.2, -0.15) is 4.36 Å². The number of halogens is 1. The van der Waals surface area contributed by atoms with E-state index in [1.54, 1.807) is 36.4 Å². The topological polar surface area (TPSA) is 29.4 Å². The van der Waals surface area contributed by atoms with E-state index in [9.17, 15) is 8.60 Å². The Morgan fingerprint density at radius 3 is 2.24 bits per heavy atom. The minimum Gasteiger partial charge on any atom is -0.245 e. The van der Waals surface area contributed by atoms with Gasteiger partial charge < -0.3 is 0 Å². The Kier molecular flexibility index (Phi) is 3.24. The molecule has 2 rings (SSSR count). The molecule has 0 N–H and O–H groups in total. The Morgan fingerprint density at radius 2 is 1.59 bits per heavy atom. The van der Waals surface area contributed by atoms with E-state index in [0.717, 1.165) is 0 Å². The number of benzene rings is 2. The molecule has 0 saturated heterocycles. The Bertz CT molecular complexity index is 631.